The predicted molar refractivity (Wildman–Crippen MR) is 130 cm³/mol. The Morgan fingerprint density at radius 3 is 2.55 bits per heavy atom. The topological polar surface area (TPSA) is 85.1 Å². The van der Waals surface area contributed by atoms with Gasteiger partial charge in [0, 0.05) is 49.3 Å². The number of amides is 1. The fourth-order valence-electron chi connectivity index (χ4n) is 4.32. The second-order valence-corrected chi connectivity index (χ2v) is 8.52. The van der Waals surface area contributed by atoms with Gasteiger partial charge in [-0.3, -0.25) is 9.69 Å². The van der Waals surface area contributed by atoms with E-state index in [9.17, 15) is 9.90 Å². The molecule has 8 nitrogen and oxygen atoms in total. The van der Waals surface area contributed by atoms with E-state index in [-0.39, 0.29) is 5.91 Å². The van der Waals surface area contributed by atoms with Crippen molar-refractivity contribution in [2.45, 2.75) is 6.23 Å². The number of nitrogens with zero attached hydrogens (tertiary/aromatic N) is 4. The molecule has 3 aromatic rings. The molecule has 2 aliphatic heterocycles. The van der Waals surface area contributed by atoms with Gasteiger partial charge in [0.1, 0.15) is 5.82 Å². The van der Waals surface area contributed by atoms with Crippen molar-refractivity contribution in [3.05, 3.63) is 66.4 Å². The maximum atomic E-state index is 12.5. The summed E-state index contributed by atoms with van der Waals surface area (Å²) in [6.45, 7) is 4.19. The minimum absolute atomic E-state index is 0.00567. The number of benzene rings is 2. The van der Waals surface area contributed by atoms with E-state index < -0.39 is 6.23 Å². The van der Waals surface area contributed by atoms with Crippen LogP contribution in [0.3, 0.4) is 0 Å². The number of carbonyl (C=O) groups excluding carboxylic acids is 1. The second kappa shape index (κ2) is 9.19. The van der Waals surface area contributed by atoms with Gasteiger partial charge in [-0.2, -0.15) is 0 Å². The highest BCUT2D eigenvalue weighted by molar-refractivity contribution is 5.92. The van der Waals surface area contributed by atoms with E-state index in [2.05, 4.69) is 32.5 Å². The molecule has 170 valence electrons. The number of hydrogen-bond donors (Lipinski definition) is 3. The summed E-state index contributed by atoms with van der Waals surface area (Å²) in [4.78, 5) is 21.4. The van der Waals surface area contributed by atoms with Gasteiger partial charge in [0.25, 0.3) is 0 Å². The zero-order valence-corrected chi connectivity index (χ0v) is 18.6. The summed E-state index contributed by atoms with van der Waals surface area (Å²) in [7, 11) is 2.10. The number of anilines is 1. The second-order valence-electron chi connectivity index (χ2n) is 8.52. The summed E-state index contributed by atoms with van der Waals surface area (Å²) in [6, 6.07) is 17.6. The zero-order chi connectivity index (χ0) is 22.8. The van der Waals surface area contributed by atoms with Crippen LogP contribution in [-0.4, -0.2) is 71.5 Å². The van der Waals surface area contributed by atoms with Gasteiger partial charge in [-0.15, -0.1) is 0 Å². The molecule has 0 aliphatic carbocycles. The van der Waals surface area contributed by atoms with E-state index in [0.717, 1.165) is 54.2 Å². The predicted octanol–water partition coefficient (Wildman–Crippen LogP) is 2.58. The Balaban J connectivity index is 1.35. The molecule has 0 saturated carbocycles. The number of likely N-dealkylation sites (N-methyl/N-ethyl adjacent to an activating group) is 1. The van der Waals surface area contributed by atoms with Crippen molar-refractivity contribution >= 4 is 23.8 Å². The quantitative estimate of drug-likeness (QED) is 0.563. The Bertz CT molecular complexity index is 1150. The Hall–Kier alpha value is -3.46. The molecule has 1 unspecified atom stereocenters. The summed E-state index contributed by atoms with van der Waals surface area (Å²) in [6.07, 6.45) is 2.67. The van der Waals surface area contributed by atoms with Crippen LogP contribution in [-0.2, 0) is 4.79 Å². The molecule has 2 aromatic carbocycles. The van der Waals surface area contributed by atoms with Gasteiger partial charge in [0.05, 0.1) is 18.4 Å². The van der Waals surface area contributed by atoms with Crippen LogP contribution >= 0.6 is 0 Å². The molecule has 1 atom stereocenters. The van der Waals surface area contributed by atoms with Crippen molar-refractivity contribution in [3.63, 3.8) is 0 Å². The number of aliphatic hydroxyl groups excluding tert-OH is 1. The molecule has 3 heterocycles. The van der Waals surface area contributed by atoms with E-state index in [1.165, 1.54) is 6.34 Å². The highest BCUT2D eigenvalue weighted by atomic mass is 16.3. The lowest BCUT2D eigenvalue weighted by Crippen LogP contribution is -2.47. The van der Waals surface area contributed by atoms with Crippen LogP contribution in [0.15, 0.2) is 65.8 Å². The number of aliphatic imine (C=N–C) groups is 1. The molecular formula is C25H28N6O2. The van der Waals surface area contributed by atoms with Crippen molar-refractivity contribution in [1.29, 1.82) is 0 Å². The van der Waals surface area contributed by atoms with Crippen LogP contribution in [0.1, 0.15) is 11.8 Å². The van der Waals surface area contributed by atoms with Gasteiger partial charge in [-0.1, -0.05) is 30.3 Å². The Morgan fingerprint density at radius 1 is 1.09 bits per heavy atom. The van der Waals surface area contributed by atoms with Crippen molar-refractivity contribution in [3.8, 4) is 16.8 Å². The van der Waals surface area contributed by atoms with E-state index in [4.69, 9.17) is 0 Å². The number of aliphatic hydroxyl groups is 1. The first-order chi connectivity index (χ1) is 16.1. The summed E-state index contributed by atoms with van der Waals surface area (Å²) in [5.41, 5.74) is 4.29. The van der Waals surface area contributed by atoms with Crippen molar-refractivity contribution in [2.24, 2.45) is 4.99 Å². The summed E-state index contributed by atoms with van der Waals surface area (Å²) in [5, 5.41) is 16.5. The molecule has 0 bridgehead atoms. The van der Waals surface area contributed by atoms with Gasteiger partial charge in [0.2, 0.25) is 5.91 Å². The Kier molecular flexibility index (Phi) is 5.95. The summed E-state index contributed by atoms with van der Waals surface area (Å²) < 4.78 is 1.98. The molecule has 8 heteroatoms. The standard InChI is InChI=1S/C25H28N6O2/c1-29-11-13-30(14-12-29)16-22(32)28-19-9-7-18(8-10-19)21-15-31(20-5-3-2-4-6-20)24-23(21)25(33)27-17-26-24/h2-10,15,17,25,33H,11-14,16H2,1H3,(H,26,27)(H,28,32). The minimum Gasteiger partial charge on any atom is -0.369 e. The SMILES string of the molecule is CN1CCN(CC(=O)Nc2ccc(-c3cn(-c4ccccc4)c4c3C(O)NC=N4)cc2)CC1. The van der Waals surface area contributed by atoms with Crippen LogP contribution < -0.4 is 10.6 Å². The lowest BCUT2D eigenvalue weighted by Gasteiger charge is -2.31. The summed E-state index contributed by atoms with van der Waals surface area (Å²) >= 11 is 0. The lowest BCUT2D eigenvalue weighted by atomic mass is 10.0. The number of piperazine rings is 1. The maximum absolute atomic E-state index is 12.5. The maximum Gasteiger partial charge on any atom is 0.238 e. The van der Waals surface area contributed by atoms with Gasteiger partial charge >= 0.3 is 0 Å². The van der Waals surface area contributed by atoms with Crippen LogP contribution in [0, 0.1) is 0 Å². The lowest BCUT2D eigenvalue weighted by molar-refractivity contribution is -0.117. The van der Waals surface area contributed by atoms with E-state index >= 15 is 0 Å². The van der Waals surface area contributed by atoms with E-state index in [1.54, 1.807) is 0 Å². The molecule has 1 saturated heterocycles. The first kappa shape index (κ1) is 21.4. The monoisotopic (exact) mass is 444 g/mol. The normalized spacial score (nSPS) is 18.5. The van der Waals surface area contributed by atoms with E-state index in [0.29, 0.717) is 12.4 Å². The van der Waals surface area contributed by atoms with Gasteiger partial charge < -0.3 is 25.2 Å². The molecule has 33 heavy (non-hydrogen) atoms. The Labute approximate surface area is 193 Å². The molecule has 0 radical (unpaired) electrons. The average Bonchev–Trinajstić information content (AvgIpc) is 3.23. The van der Waals surface area contributed by atoms with Gasteiger partial charge in [0.15, 0.2) is 6.23 Å². The third-order valence-electron chi connectivity index (χ3n) is 6.19. The number of para-hydroxylation sites is 1. The zero-order valence-electron chi connectivity index (χ0n) is 18.6. The molecule has 5 rings (SSSR count). The number of fused-ring (bicyclic) bond motifs is 1. The average molecular weight is 445 g/mol. The highest BCUT2D eigenvalue weighted by Gasteiger charge is 2.25. The van der Waals surface area contributed by atoms with Crippen LogP contribution in [0.2, 0.25) is 0 Å². The Morgan fingerprint density at radius 2 is 1.82 bits per heavy atom. The van der Waals surface area contributed by atoms with Gasteiger partial charge in [-0.25, -0.2) is 4.99 Å². The van der Waals surface area contributed by atoms with Crippen LogP contribution in [0.4, 0.5) is 11.5 Å². The molecule has 3 N–H and O–H groups in total. The largest absolute Gasteiger partial charge is 0.369 e. The third-order valence-corrected chi connectivity index (χ3v) is 6.19. The molecule has 1 aromatic heterocycles. The van der Waals surface area contributed by atoms with Crippen LogP contribution in [0.25, 0.3) is 16.8 Å². The fourth-order valence-corrected chi connectivity index (χ4v) is 4.32. The third kappa shape index (κ3) is 4.54. The number of carbonyl (C=O) groups is 1. The van der Waals surface area contributed by atoms with Crippen molar-refractivity contribution in [2.75, 3.05) is 45.1 Å². The number of aromatic nitrogens is 1. The molecule has 1 amide bonds. The molecular weight excluding hydrogens is 416 g/mol. The molecule has 0 spiro atoms. The summed E-state index contributed by atoms with van der Waals surface area (Å²) in [5.74, 6) is 0.695. The minimum atomic E-state index is -0.847. The first-order valence-corrected chi connectivity index (χ1v) is 11.2. The first-order valence-electron chi connectivity index (χ1n) is 11.2. The molecule has 1 fully saturated rings. The van der Waals surface area contributed by atoms with Crippen LogP contribution in [0.5, 0.6) is 0 Å². The smallest absolute Gasteiger partial charge is 0.238 e. The number of hydrogen-bond acceptors (Lipinski definition) is 6. The fraction of sp³-hybridized carbons (Fsp3) is 0.280. The van der Waals surface area contributed by atoms with E-state index in [1.807, 2.05) is 65.4 Å². The highest BCUT2D eigenvalue weighted by Crippen LogP contribution is 2.40. The van der Waals surface area contributed by atoms with Crippen molar-refractivity contribution in [1.82, 2.24) is 19.7 Å². The number of rotatable bonds is 5. The van der Waals surface area contributed by atoms with Crippen molar-refractivity contribution < 1.29 is 9.90 Å². The molecule has 2 aliphatic rings. The number of nitrogens with one attached hydrogen (secondary N) is 2. The van der Waals surface area contributed by atoms with Gasteiger partial charge in [-0.05, 0) is 36.9 Å².